The van der Waals surface area contributed by atoms with Gasteiger partial charge >= 0.3 is 5.97 Å². The maximum atomic E-state index is 12.1. The van der Waals surface area contributed by atoms with Gasteiger partial charge in [0.15, 0.2) is 5.65 Å². The first kappa shape index (κ1) is 19.3. The summed E-state index contributed by atoms with van der Waals surface area (Å²) in [5.74, 6) is -0.0273. The van der Waals surface area contributed by atoms with E-state index in [0.717, 1.165) is 22.4 Å². The van der Waals surface area contributed by atoms with Crippen molar-refractivity contribution in [1.29, 1.82) is 5.26 Å². The summed E-state index contributed by atoms with van der Waals surface area (Å²) in [5.41, 5.74) is 5.34. The van der Waals surface area contributed by atoms with Crippen LogP contribution in [0, 0.1) is 17.2 Å². The molecule has 0 atom stereocenters. The van der Waals surface area contributed by atoms with E-state index in [0.29, 0.717) is 29.3 Å². The van der Waals surface area contributed by atoms with Crippen molar-refractivity contribution in [2.45, 2.75) is 13.8 Å². The topological polar surface area (TPSA) is 80.3 Å². The third-order valence-electron chi connectivity index (χ3n) is 4.65. The number of ether oxygens (including phenoxy) is 1. The fourth-order valence-electron chi connectivity index (χ4n) is 3.10. The minimum absolute atomic E-state index is 0.296. The number of imidazole rings is 1. The molecule has 6 nitrogen and oxygen atoms in total. The van der Waals surface area contributed by atoms with Crippen LogP contribution in [0.1, 0.15) is 29.8 Å². The third-order valence-corrected chi connectivity index (χ3v) is 4.65. The van der Waals surface area contributed by atoms with Gasteiger partial charge in [-0.3, -0.25) is 0 Å². The van der Waals surface area contributed by atoms with Crippen LogP contribution < -0.4 is 0 Å². The Labute approximate surface area is 174 Å². The van der Waals surface area contributed by atoms with Gasteiger partial charge in [-0.15, -0.1) is 0 Å². The lowest BCUT2D eigenvalue weighted by Gasteiger charge is -2.08. The summed E-state index contributed by atoms with van der Waals surface area (Å²) in [6.07, 6.45) is 3.51. The second kappa shape index (κ2) is 8.18. The predicted molar refractivity (Wildman–Crippen MR) is 114 cm³/mol. The maximum Gasteiger partial charge on any atom is 0.338 e. The van der Waals surface area contributed by atoms with Gasteiger partial charge in [0.1, 0.15) is 0 Å². The molecule has 30 heavy (non-hydrogen) atoms. The summed E-state index contributed by atoms with van der Waals surface area (Å²) in [6, 6.07) is 18.7. The Balaban J connectivity index is 1.61. The molecule has 2 aromatic heterocycles. The summed E-state index contributed by atoms with van der Waals surface area (Å²) >= 11 is 0. The zero-order valence-electron chi connectivity index (χ0n) is 16.7. The molecular formula is C24H20N4O2. The largest absolute Gasteiger partial charge is 0.462 e. The van der Waals surface area contributed by atoms with Crippen LogP contribution in [0.15, 0.2) is 67.0 Å². The molecule has 0 spiro atoms. The van der Waals surface area contributed by atoms with E-state index in [4.69, 9.17) is 10.00 Å². The molecular weight excluding hydrogens is 376 g/mol. The first-order valence-corrected chi connectivity index (χ1v) is 9.67. The molecule has 0 radical (unpaired) electrons. The number of benzene rings is 2. The summed E-state index contributed by atoms with van der Waals surface area (Å²) in [7, 11) is 0. The Morgan fingerprint density at radius 3 is 2.60 bits per heavy atom. The monoisotopic (exact) mass is 396 g/mol. The Morgan fingerprint density at radius 1 is 1.07 bits per heavy atom. The second-order valence-electron chi connectivity index (χ2n) is 7.42. The van der Waals surface area contributed by atoms with Gasteiger partial charge < -0.3 is 4.74 Å². The van der Waals surface area contributed by atoms with E-state index in [1.165, 1.54) is 0 Å². The van der Waals surface area contributed by atoms with Crippen LogP contribution in [0.25, 0.3) is 28.0 Å². The highest BCUT2D eigenvalue weighted by Gasteiger charge is 2.12. The first-order chi connectivity index (χ1) is 14.5. The van der Waals surface area contributed by atoms with Gasteiger partial charge in [-0.1, -0.05) is 38.1 Å². The van der Waals surface area contributed by atoms with E-state index in [-0.39, 0.29) is 5.97 Å². The van der Waals surface area contributed by atoms with Crippen LogP contribution in [0.5, 0.6) is 0 Å². The first-order valence-electron chi connectivity index (χ1n) is 9.67. The number of hydrogen-bond acceptors (Lipinski definition) is 5. The van der Waals surface area contributed by atoms with Gasteiger partial charge in [0.2, 0.25) is 0 Å². The summed E-state index contributed by atoms with van der Waals surface area (Å²) in [4.78, 5) is 16.6. The fraction of sp³-hybridized carbons (Fsp3) is 0.167. The third kappa shape index (κ3) is 3.91. The number of aromatic nitrogens is 3. The number of hydrogen-bond donors (Lipinski definition) is 0. The average molecular weight is 396 g/mol. The molecule has 6 heteroatoms. The van der Waals surface area contributed by atoms with Crippen molar-refractivity contribution < 1.29 is 9.53 Å². The lowest BCUT2D eigenvalue weighted by Crippen LogP contribution is -2.10. The van der Waals surface area contributed by atoms with Gasteiger partial charge in [0.05, 0.1) is 41.9 Å². The molecule has 4 aromatic rings. The summed E-state index contributed by atoms with van der Waals surface area (Å²) in [6.45, 7) is 4.40. The highest BCUT2D eigenvalue weighted by atomic mass is 16.5. The molecule has 0 unspecified atom stereocenters. The van der Waals surface area contributed by atoms with Crippen LogP contribution in [0.4, 0.5) is 0 Å². The van der Waals surface area contributed by atoms with Crippen LogP contribution in [0.2, 0.25) is 0 Å². The van der Waals surface area contributed by atoms with E-state index in [9.17, 15) is 4.79 Å². The van der Waals surface area contributed by atoms with Crippen molar-refractivity contribution in [3.05, 3.63) is 78.1 Å². The van der Waals surface area contributed by atoms with Crippen molar-refractivity contribution in [3.8, 4) is 28.5 Å². The number of fused-ring (bicyclic) bond motifs is 1. The highest BCUT2D eigenvalue weighted by Crippen LogP contribution is 2.25. The predicted octanol–water partition coefficient (Wildman–Crippen LogP) is 4.75. The lowest BCUT2D eigenvalue weighted by atomic mass is 10.1. The number of nitriles is 1. The SMILES string of the molecule is CC(C)COC(=O)c1ccc(-c2cnc3cc(-c4cccc(C#N)c4)cnn23)cc1. The summed E-state index contributed by atoms with van der Waals surface area (Å²) < 4.78 is 7.03. The van der Waals surface area contributed by atoms with Gasteiger partial charge in [-0.05, 0) is 41.8 Å². The standard InChI is InChI=1S/C24H20N4O2/c1-16(2)15-30-24(29)19-8-6-18(7-9-19)22-14-26-23-11-21(13-27-28(22)23)20-5-3-4-17(10-20)12-25/h3-11,13-14,16H,15H2,1-2H3. The number of esters is 1. The normalized spacial score (nSPS) is 10.9. The Bertz CT molecular complexity index is 1250. The van der Waals surface area contributed by atoms with Gasteiger partial charge in [0, 0.05) is 11.1 Å². The van der Waals surface area contributed by atoms with Crippen molar-refractivity contribution in [1.82, 2.24) is 14.6 Å². The van der Waals surface area contributed by atoms with Crippen LogP contribution in [0.3, 0.4) is 0 Å². The molecule has 0 saturated heterocycles. The van der Waals surface area contributed by atoms with E-state index < -0.39 is 0 Å². The second-order valence-corrected chi connectivity index (χ2v) is 7.42. The lowest BCUT2D eigenvalue weighted by molar-refractivity contribution is 0.0459. The molecule has 0 saturated carbocycles. The van der Waals surface area contributed by atoms with Crippen molar-refractivity contribution >= 4 is 11.6 Å². The van der Waals surface area contributed by atoms with E-state index in [2.05, 4.69) is 16.2 Å². The van der Waals surface area contributed by atoms with Crippen LogP contribution in [-0.2, 0) is 4.74 Å². The minimum atomic E-state index is -0.323. The summed E-state index contributed by atoms with van der Waals surface area (Å²) in [5, 5.41) is 13.6. The van der Waals surface area contributed by atoms with E-state index >= 15 is 0 Å². The zero-order chi connectivity index (χ0) is 21.1. The van der Waals surface area contributed by atoms with Crippen LogP contribution >= 0.6 is 0 Å². The van der Waals surface area contributed by atoms with Gasteiger partial charge in [0.25, 0.3) is 0 Å². The quantitative estimate of drug-likeness (QED) is 0.455. The van der Waals surface area contributed by atoms with Crippen molar-refractivity contribution in [2.24, 2.45) is 5.92 Å². The fourth-order valence-corrected chi connectivity index (χ4v) is 3.10. The molecule has 4 rings (SSSR count). The Hall–Kier alpha value is -3.98. The number of nitrogens with zero attached hydrogens (tertiary/aromatic N) is 4. The molecule has 2 aromatic carbocycles. The van der Waals surface area contributed by atoms with Gasteiger partial charge in [-0.25, -0.2) is 14.3 Å². The maximum absolute atomic E-state index is 12.1. The molecule has 2 heterocycles. The smallest absolute Gasteiger partial charge is 0.338 e. The minimum Gasteiger partial charge on any atom is -0.462 e. The molecule has 0 aliphatic heterocycles. The molecule has 0 aliphatic carbocycles. The van der Waals surface area contributed by atoms with E-state index in [1.54, 1.807) is 35.1 Å². The van der Waals surface area contributed by atoms with E-state index in [1.807, 2.05) is 50.2 Å². The number of rotatable bonds is 5. The highest BCUT2D eigenvalue weighted by molar-refractivity contribution is 5.90. The molecule has 0 aliphatic rings. The zero-order valence-corrected chi connectivity index (χ0v) is 16.7. The molecule has 0 N–H and O–H groups in total. The average Bonchev–Trinajstić information content (AvgIpc) is 3.21. The van der Waals surface area contributed by atoms with Crippen molar-refractivity contribution in [2.75, 3.05) is 6.61 Å². The Morgan fingerprint density at radius 2 is 1.87 bits per heavy atom. The van der Waals surface area contributed by atoms with Crippen LogP contribution in [-0.4, -0.2) is 27.2 Å². The molecule has 0 fully saturated rings. The van der Waals surface area contributed by atoms with Crippen molar-refractivity contribution in [3.63, 3.8) is 0 Å². The number of carbonyl (C=O) groups excluding carboxylic acids is 1. The van der Waals surface area contributed by atoms with Gasteiger partial charge in [-0.2, -0.15) is 10.4 Å². The Kier molecular flexibility index (Phi) is 5.27. The molecule has 148 valence electrons. The molecule has 0 bridgehead atoms. The number of carbonyl (C=O) groups is 1. The molecule has 0 amide bonds.